The van der Waals surface area contributed by atoms with E-state index in [1.54, 1.807) is 0 Å². The Hall–Kier alpha value is -1.35. The van der Waals surface area contributed by atoms with Crippen molar-refractivity contribution in [2.45, 2.75) is 32.0 Å². The first kappa shape index (κ1) is 9.85. The molecule has 1 saturated heterocycles. The number of hydrogen-bond donors (Lipinski definition) is 0. The van der Waals surface area contributed by atoms with E-state index in [-0.39, 0.29) is 12.0 Å². The van der Waals surface area contributed by atoms with Gasteiger partial charge in [-0.25, -0.2) is 0 Å². The average Bonchev–Trinajstić information content (AvgIpc) is 2.97. The minimum atomic E-state index is -0.186. The van der Waals surface area contributed by atoms with Gasteiger partial charge in [-0.15, -0.1) is 0 Å². The Morgan fingerprint density at radius 1 is 1.25 bits per heavy atom. The van der Waals surface area contributed by atoms with Crippen LogP contribution in [0.5, 0.6) is 0 Å². The van der Waals surface area contributed by atoms with E-state index < -0.39 is 0 Å². The van der Waals surface area contributed by atoms with E-state index in [4.69, 9.17) is 4.74 Å². The monoisotopic (exact) mass is 217 g/mol. The molecule has 0 spiro atoms. The molecule has 3 rings (SSSR count). The highest BCUT2D eigenvalue weighted by Gasteiger charge is 2.31. The van der Waals surface area contributed by atoms with Gasteiger partial charge in [0.05, 0.1) is 0 Å². The molecule has 0 radical (unpaired) electrons. The summed E-state index contributed by atoms with van der Waals surface area (Å²) in [4.78, 5) is 14.0. The number of fused-ring (bicyclic) bond motifs is 1. The maximum atomic E-state index is 12.1. The zero-order chi connectivity index (χ0) is 11.0. The van der Waals surface area contributed by atoms with E-state index in [0.717, 1.165) is 32.5 Å². The Morgan fingerprint density at radius 3 is 2.50 bits per heavy atom. The van der Waals surface area contributed by atoms with Crippen LogP contribution in [0.2, 0.25) is 0 Å². The maximum Gasteiger partial charge on any atom is 0.252 e. The molecule has 0 N–H and O–H groups in total. The first-order valence-electron chi connectivity index (χ1n) is 5.82. The van der Waals surface area contributed by atoms with E-state index in [9.17, 15) is 4.79 Å². The zero-order valence-electron chi connectivity index (χ0n) is 9.19. The second-order valence-corrected chi connectivity index (χ2v) is 4.46. The van der Waals surface area contributed by atoms with Crippen LogP contribution in [0, 0.1) is 0 Å². The zero-order valence-corrected chi connectivity index (χ0v) is 9.19. The fourth-order valence-electron chi connectivity index (χ4n) is 2.47. The van der Waals surface area contributed by atoms with E-state index in [1.165, 1.54) is 11.1 Å². The molecule has 0 bridgehead atoms. The van der Waals surface area contributed by atoms with Crippen molar-refractivity contribution >= 4 is 5.91 Å². The van der Waals surface area contributed by atoms with Crippen LogP contribution in [0.1, 0.15) is 24.0 Å². The van der Waals surface area contributed by atoms with Gasteiger partial charge in [0.1, 0.15) is 6.10 Å². The van der Waals surface area contributed by atoms with Gasteiger partial charge >= 0.3 is 0 Å². The molecule has 1 fully saturated rings. The van der Waals surface area contributed by atoms with Crippen LogP contribution >= 0.6 is 0 Å². The van der Waals surface area contributed by atoms with Crippen LogP contribution in [-0.2, 0) is 22.6 Å². The van der Waals surface area contributed by atoms with Crippen molar-refractivity contribution in [3.05, 3.63) is 35.4 Å². The second-order valence-electron chi connectivity index (χ2n) is 4.46. The van der Waals surface area contributed by atoms with Crippen molar-refractivity contribution in [1.82, 2.24) is 4.90 Å². The van der Waals surface area contributed by atoms with Gasteiger partial charge in [-0.1, -0.05) is 24.3 Å². The number of amides is 1. The van der Waals surface area contributed by atoms with E-state index in [1.807, 2.05) is 17.0 Å². The fourth-order valence-corrected chi connectivity index (χ4v) is 2.47. The third kappa shape index (κ3) is 1.61. The summed E-state index contributed by atoms with van der Waals surface area (Å²) in [5, 5.41) is 0. The van der Waals surface area contributed by atoms with Gasteiger partial charge < -0.3 is 9.64 Å². The van der Waals surface area contributed by atoms with Crippen LogP contribution in [0.15, 0.2) is 24.3 Å². The van der Waals surface area contributed by atoms with Gasteiger partial charge in [0.25, 0.3) is 5.91 Å². The predicted molar refractivity (Wildman–Crippen MR) is 59.7 cm³/mol. The number of rotatable bonds is 1. The lowest BCUT2D eigenvalue weighted by molar-refractivity contribution is -0.141. The van der Waals surface area contributed by atoms with Gasteiger partial charge in [-0.05, 0) is 24.0 Å². The minimum absolute atomic E-state index is 0.161. The molecule has 3 nitrogen and oxygen atoms in total. The van der Waals surface area contributed by atoms with Gasteiger partial charge in [-0.3, -0.25) is 4.79 Å². The molecule has 1 aromatic rings. The number of benzene rings is 1. The van der Waals surface area contributed by atoms with Crippen LogP contribution in [0.25, 0.3) is 0 Å². The lowest BCUT2D eigenvalue weighted by Gasteiger charge is -2.19. The molecule has 3 heteroatoms. The van der Waals surface area contributed by atoms with Crippen LogP contribution in [0.4, 0.5) is 0 Å². The Bertz CT molecular complexity index is 385. The minimum Gasteiger partial charge on any atom is -0.368 e. The predicted octanol–water partition coefficient (Wildman–Crippen LogP) is 1.71. The topological polar surface area (TPSA) is 29.5 Å². The molecule has 84 valence electrons. The molecule has 1 atom stereocenters. The molecule has 2 heterocycles. The van der Waals surface area contributed by atoms with Crippen molar-refractivity contribution in [3.63, 3.8) is 0 Å². The highest BCUT2D eigenvalue weighted by atomic mass is 16.5. The molecule has 1 amide bonds. The molecule has 1 aromatic carbocycles. The van der Waals surface area contributed by atoms with Crippen molar-refractivity contribution < 1.29 is 9.53 Å². The molecule has 0 aromatic heterocycles. The summed E-state index contributed by atoms with van der Waals surface area (Å²) < 4.78 is 5.43. The summed E-state index contributed by atoms with van der Waals surface area (Å²) in [6.07, 6.45) is 1.71. The van der Waals surface area contributed by atoms with Crippen LogP contribution in [0.3, 0.4) is 0 Å². The highest BCUT2D eigenvalue weighted by molar-refractivity contribution is 5.81. The highest BCUT2D eigenvalue weighted by Crippen LogP contribution is 2.25. The smallest absolute Gasteiger partial charge is 0.252 e. The summed E-state index contributed by atoms with van der Waals surface area (Å²) >= 11 is 0. The molecule has 2 aliphatic rings. The summed E-state index contributed by atoms with van der Waals surface area (Å²) in [7, 11) is 0. The summed E-state index contributed by atoms with van der Waals surface area (Å²) in [6.45, 7) is 2.22. The second kappa shape index (κ2) is 3.91. The van der Waals surface area contributed by atoms with Gasteiger partial charge in [-0.2, -0.15) is 0 Å². The van der Waals surface area contributed by atoms with E-state index >= 15 is 0 Å². The maximum absolute atomic E-state index is 12.1. The number of carbonyl (C=O) groups is 1. The van der Waals surface area contributed by atoms with Crippen molar-refractivity contribution in [1.29, 1.82) is 0 Å². The van der Waals surface area contributed by atoms with Crippen molar-refractivity contribution in [2.75, 3.05) is 6.61 Å². The lowest BCUT2D eigenvalue weighted by Crippen LogP contribution is -2.35. The average molecular weight is 217 g/mol. The molecular weight excluding hydrogens is 202 g/mol. The van der Waals surface area contributed by atoms with Gasteiger partial charge in [0.2, 0.25) is 0 Å². The summed E-state index contributed by atoms with van der Waals surface area (Å²) in [5.41, 5.74) is 2.54. The number of nitrogens with zero attached hydrogens (tertiary/aromatic N) is 1. The number of carbonyl (C=O) groups excluding carboxylic acids is 1. The fraction of sp³-hybridized carbons (Fsp3) is 0.462. The largest absolute Gasteiger partial charge is 0.368 e. The van der Waals surface area contributed by atoms with Crippen molar-refractivity contribution in [3.8, 4) is 0 Å². The number of ether oxygens (including phenoxy) is 1. The molecular formula is C13H15NO2. The summed E-state index contributed by atoms with van der Waals surface area (Å²) in [5.74, 6) is 0.161. The normalized spacial score (nSPS) is 23.5. The van der Waals surface area contributed by atoms with Crippen molar-refractivity contribution in [2.24, 2.45) is 0 Å². The summed E-state index contributed by atoms with van der Waals surface area (Å²) in [6, 6.07) is 8.24. The molecule has 2 aliphatic heterocycles. The first-order valence-corrected chi connectivity index (χ1v) is 5.82. The molecule has 0 aliphatic carbocycles. The standard InChI is InChI=1S/C13H15NO2/c15-13(12-6-3-7-16-12)14-8-10-4-1-2-5-11(10)9-14/h1-2,4-5,12H,3,6-9H2. The quantitative estimate of drug-likeness (QED) is 0.716. The Morgan fingerprint density at radius 2 is 1.94 bits per heavy atom. The van der Waals surface area contributed by atoms with Gasteiger partial charge in [0.15, 0.2) is 0 Å². The Labute approximate surface area is 95.0 Å². The van der Waals surface area contributed by atoms with E-state index in [2.05, 4.69) is 12.1 Å². The van der Waals surface area contributed by atoms with Crippen LogP contribution < -0.4 is 0 Å². The van der Waals surface area contributed by atoms with Gasteiger partial charge in [0, 0.05) is 19.7 Å². The Balaban J connectivity index is 1.73. The molecule has 16 heavy (non-hydrogen) atoms. The lowest BCUT2D eigenvalue weighted by atomic mass is 10.1. The number of hydrogen-bond acceptors (Lipinski definition) is 2. The third-order valence-electron chi connectivity index (χ3n) is 3.36. The van der Waals surface area contributed by atoms with E-state index in [0.29, 0.717) is 0 Å². The Kier molecular flexibility index (Phi) is 2.40. The first-order chi connectivity index (χ1) is 7.84. The SMILES string of the molecule is O=C(C1CCCO1)N1Cc2ccccc2C1. The van der Waals surface area contributed by atoms with Crippen LogP contribution in [-0.4, -0.2) is 23.5 Å². The molecule has 0 saturated carbocycles. The molecule has 1 unspecified atom stereocenters. The third-order valence-corrected chi connectivity index (χ3v) is 3.36.